The van der Waals surface area contributed by atoms with Crippen molar-refractivity contribution in [2.24, 2.45) is 0 Å². The van der Waals surface area contributed by atoms with Gasteiger partial charge in [-0.2, -0.15) is 0 Å². The zero-order valence-corrected chi connectivity index (χ0v) is 16.9. The van der Waals surface area contributed by atoms with Crippen LogP contribution in [0.15, 0.2) is 83.9 Å². The van der Waals surface area contributed by atoms with Gasteiger partial charge in [-0.3, -0.25) is 4.98 Å². The van der Waals surface area contributed by atoms with Gasteiger partial charge in [0.2, 0.25) is 0 Å². The average Bonchev–Trinajstić information content (AvgIpc) is 2.74. The minimum atomic E-state index is 0.443. The lowest BCUT2D eigenvalue weighted by molar-refractivity contribution is 0.306. The fourth-order valence-electron chi connectivity index (χ4n) is 2.93. The number of rotatable bonds is 6. The number of nitrogens with one attached hydrogen (secondary N) is 1. The van der Waals surface area contributed by atoms with Crippen LogP contribution in [0.3, 0.4) is 0 Å². The number of benzene rings is 3. The Morgan fingerprint density at radius 3 is 2.61 bits per heavy atom. The molecule has 5 heteroatoms. The molecule has 1 heterocycles. The van der Waals surface area contributed by atoms with E-state index < -0.39 is 0 Å². The number of hydrogen-bond acceptors (Lipinski definition) is 4. The maximum absolute atomic E-state index is 6.18. The number of thioether (sulfide) groups is 1. The number of anilines is 2. The van der Waals surface area contributed by atoms with Crippen LogP contribution in [0.25, 0.3) is 10.9 Å². The van der Waals surface area contributed by atoms with Crippen molar-refractivity contribution >= 4 is 45.6 Å². The fraction of sp³-hybridized carbons (Fsp3) is 0.0870. The van der Waals surface area contributed by atoms with E-state index in [-0.39, 0.29) is 0 Å². The number of aromatic nitrogens is 1. The van der Waals surface area contributed by atoms with Crippen molar-refractivity contribution in [3.8, 4) is 5.75 Å². The fourth-order valence-corrected chi connectivity index (χ4v) is 3.56. The molecule has 0 spiro atoms. The largest absolute Gasteiger partial charge is 0.489 e. The molecule has 0 aliphatic rings. The summed E-state index contributed by atoms with van der Waals surface area (Å²) >= 11 is 7.90. The van der Waals surface area contributed by atoms with Crippen LogP contribution in [-0.4, -0.2) is 11.2 Å². The maximum atomic E-state index is 6.18. The molecule has 1 aromatic heterocycles. The highest BCUT2D eigenvalue weighted by Crippen LogP contribution is 2.29. The van der Waals surface area contributed by atoms with Crippen LogP contribution < -0.4 is 10.1 Å². The first-order valence-electron chi connectivity index (χ1n) is 8.89. The van der Waals surface area contributed by atoms with E-state index in [1.807, 2.05) is 60.8 Å². The van der Waals surface area contributed by atoms with Crippen LogP contribution in [0, 0.1) is 0 Å². The Morgan fingerprint density at radius 2 is 1.82 bits per heavy atom. The lowest BCUT2D eigenvalue weighted by Gasteiger charge is -2.12. The Kier molecular flexibility index (Phi) is 5.70. The van der Waals surface area contributed by atoms with Gasteiger partial charge in [-0.1, -0.05) is 29.8 Å². The van der Waals surface area contributed by atoms with Gasteiger partial charge < -0.3 is 10.1 Å². The summed E-state index contributed by atoms with van der Waals surface area (Å²) in [6, 6.07) is 23.9. The van der Waals surface area contributed by atoms with Crippen LogP contribution in [-0.2, 0) is 6.61 Å². The van der Waals surface area contributed by atoms with E-state index in [1.165, 1.54) is 4.90 Å². The van der Waals surface area contributed by atoms with Crippen molar-refractivity contribution in [2.75, 3.05) is 11.6 Å². The van der Waals surface area contributed by atoms with E-state index >= 15 is 0 Å². The van der Waals surface area contributed by atoms with Gasteiger partial charge in [0.25, 0.3) is 0 Å². The third-order valence-corrected chi connectivity index (χ3v) is 5.53. The highest BCUT2D eigenvalue weighted by molar-refractivity contribution is 7.98. The minimum absolute atomic E-state index is 0.443. The highest BCUT2D eigenvalue weighted by atomic mass is 35.5. The molecule has 3 nitrogen and oxygen atoms in total. The van der Waals surface area contributed by atoms with Crippen molar-refractivity contribution in [2.45, 2.75) is 11.5 Å². The number of pyridine rings is 1. The third kappa shape index (κ3) is 4.24. The van der Waals surface area contributed by atoms with E-state index in [0.717, 1.165) is 38.6 Å². The summed E-state index contributed by atoms with van der Waals surface area (Å²) in [4.78, 5) is 5.67. The number of ether oxygens (including phenoxy) is 1. The second-order valence-electron chi connectivity index (χ2n) is 6.27. The van der Waals surface area contributed by atoms with Crippen LogP contribution in [0.5, 0.6) is 5.75 Å². The Balaban J connectivity index is 1.49. The summed E-state index contributed by atoms with van der Waals surface area (Å²) in [6.45, 7) is 0.443. The predicted molar refractivity (Wildman–Crippen MR) is 119 cm³/mol. The molecule has 3 aromatic carbocycles. The molecule has 0 fully saturated rings. The Hall–Kier alpha value is -2.69. The molecule has 0 radical (unpaired) electrons. The van der Waals surface area contributed by atoms with E-state index in [1.54, 1.807) is 11.8 Å². The van der Waals surface area contributed by atoms with Crippen molar-refractivity contribution in [1.29, 1.82) is 0 Å². The number of hydrogen-bond donors (Lipinski definition) is 1. The van der Waals surface area contributed by atoms with Crippen LogP contribution in [0.2, 0.25) is 5.02 Å². The van der Waals surface area contributed by atoms with Gasteiger partial charge >= 0.3 is 0 Å². The van der Waals surface area contributed by atoms with Gasteiger partial charge in [0.15, 0.2) is 0 Å². The lowest BCUT2D eigenvalue weighted by atomic mass is 10.2. The van der Waals surface area contributed by atoms with Gasteiger partial charge in [0.05, 0.1) is 5.52 Å². The number of fused-ring (bicyclic) bond motifs is 1. The first kappa shape index (κ1) is 18.7. The van der Waals surface area contributed by atoms with Gasteiger partial charge in [-0.15, -0.1) is 11.8 Å². The summed E-state index contributed by atoms with van der Waals surface area (Å²) in [6.07, 6.45) is 3.90. The van der Waals surface area contributed by atoms with Gasteiger partial charge in [0, 0.05) is 38.4 Å². The van der Waals surface area contributed by atoms with E-state index in [4.69, 9.17) is 16.3 Å². The number of halogens is 1. The van der Waals surface area contributed by atoms with Crippen molar-refractivity contribution in [1.82, 2.24) is 4.98 Å². The standard InChI is InChI=1S/C23H19ClN2OS/c1-28-19-10-11-22-20(14-19)23(12-13-25-22)26-17-6-8-18(9-7-17)27-15-16-4-2-3-5-21(16)24/h2-14H,15H2,1H3,(H,25,26). The zero-order chi connectivity index (χ0) is 19.3. The van der Waals surface area contributed by atoms with E-state index in [0.29, 0.717) is 6.61 Å². The third-order valence-electron chi connectivity index (χ3n) is 4.43. The second-order valence-corrected chi connectivity index (χ2v) is 7.56. The molecule has 0 aliphatic heterocycles. The normalized spacial score (nSPS) is 10.8. The molecule has 0 saturated heterocycles. The molecule has 1 N–H and O–H groups in total. The molecular weight excluding hydrogens is 388 g/mol. The van der Waals surface area contributed by atoms with Crippen LogP contribution >= 0.6 is 23.4 Å². The molecule has 0 saturated carbocycles. The highest BCUT2D eigenvalue weighted by Gasteiger charge is 2.05. The van der Waals surface area contributed by atoms with Gasteiger partial charge in [-0.25, -0.2) is 0 Å². The molecule has 0 bridgehead atoms. The lowest BCUT2D eigenvalue weighted by Crippen LogP contribution is -1.97. The Labute approximate surface area is 173 Å². The molecular formula is C23H19ClN2OS. The first-order valence-corrected chi connectivity index (χ1v) is 10.5. The molecule has 0 atom stereocenters. The summed E-state index contributed by atoms with van der Waals surface area (Å²) in [5, 5.41) is 5.30. The minimum Gasteiger partial charge on any atom is -0.489 e. The quantitative estimate of drug-likeness (QED) is 0.352. The van der Waals surface area contributed by atoms with Crippen molar-refractivity contribution in [3.05, 3.63) is 89.6 Å². The van der Waals surface area contributed by atoms with E-state index in [9.17, 15) is 0 Å². The molecule has 0 amide bonds. The maximum Gasteiger partial charge on any atom is 0.119 e. The topological polar surface area (TPSA) is 34.2 Å². The Bertz CT molecular complexity index is 1100. The molecule has 0 unspecified atom stereocenters. The number of nitrogens with zero attached hydrogens (tertiary/aromatic N) is 1. The first-order chi connectivity index (χ1) is 13.7. The SMILES string of the molecule is CSc1ccc2nccc(Nc3ccc(OCc4ccccc4Cl)cc3)c2c1. The van der Waals surface area contributed by atoms with E-state index in [2.05, 4.69) is 34.8 Å². The smallest absolute Gasteiger partial charge is 0.119 e. The summed E-state index contributed by atoms with van der Waals surface area (Å²) in [7, 11) is 0. The zero-order valence-electron chi connectivity index (χ0n) is 15.4. The molecule has 0 aliphatic carbocycles. The molecule has 4 aromatic rings. The second kappa shape index (κ2) is 8.55. The summed E-state index contributed by atoms with van der Waals surface area (Å²) in [5.74, 6) is 0.801. The van der Waals surface area contributed by atoms with Gasteiger partial charge in [-0.05, 0) is 60.9 Å². The average molecular weight is 407 g/mol. The summed E-state index contributed by atoms with van der Waals surface area (Å²) in [5.41, 5.74) is 3.97. The molecule has 4 rings (SSSR count). The Morgan fingerprint density at radius 1 is 1.00 bits per heavy atom. The summed E-state index contributed by atoms with van der Waals surface area (Å²) < 4.78 is 5.85. The molecule has 28 heavy (non-hydrogen) atoms. The van der Waals surface area contributed by atoms with Crippen molar-refractivity contribution in [3.63, 3.8) is 0 Å². The van der Waals surface area contributed by atoms with Crippen LogP contribution in [0.4, 0.5) is 11.4 Å². The van der Waals surface area contributed by atoms with Gasteiger partial charge in [0.1, 0.15) is 12.4 Å². The predicted octanol–water partition coefficient (Wildman–Crippen LogP) is 6.93. The monoisotopic (exact) mass is 406 g/mol. The van der Waals surface area contributed by atoms with Crippen molar-refractivity contribution < 1.29 is 4.74 Å². The molecule has 140 valence electrons. The van der Waals surface area contributed by atoms with Crippen LogP contribution in [0.1, 0.15) is 5.56 Å².